The van der Waals surface area contributed by atoms with Gasteiger partial charge in [0.2, 0.25) is 0 Å². The molecule has 1 aromatic heterocycles. The smallest absolute Gasteiger partial charge is 0.133 e. The molecular weight excluding hydrogens is 272 g/mol. The molecule has 0 bridgehead atoms. The van der Waals surface area contributed by atoms with Crippen LogP contribution in [0.25, 0.3) is 5.57 Å². The third kappa shape index (κ3) is 3.97. The average Bonchev–Trinajstić information content (AvgIpc) is 2.54. The van der Waals surface area contributed by atoms with E-state index in [1.807, 2.05) is 27.3 Å². The van der Waals surface area contributed by atoms with Gasteiger partial charge in [0, 0.05) is 44.2 Å². The van der Waals surface area contributed by atoms with Gasteiger partial charge in [-0.3, -0.25) is 4.99 Å². The van der Waals surface area contributed by atoms with E-state index in [0.717, 1.165) is 40.3 Å². The molecule has 0 aliphatic carbocycles. The van der Waals surface area contributed by atoms with Crippen LogP contribution in [0.3, 0.4) is 0 Å². The highest BCUT2D eigenvalue weighted by Gasteiger charge is 2.12. The van der Waals surface area contributed by atoms with Gasteiger partial charge in [-0.1, -0.05) is 13.0 Å². The van der Waals surface area contributed by atoms with Crippen LogP contribution < -0.4 is 10.6 Å². The number of aliphatic imine (C=N–C) groups is 1. The normalized spacial score (nSPS) is 13.8. The molecule has 0 radical (unpaired) electrons. The van der Waals surface area contributed by atoms with Gasteiger partial charge < -0.3 is 10.6 Å². The number of hydrogen-bond donors (Lipinski definition) is 2. The first kappa shape index (κ1) is 18.0. The van der Waals surface area contributed by atoms with Crippen LogP contribution in [-0.4, -0.2) is 31.8 Å². The number of hydrogen-bond acceptors (Lipinski definition) is 4. The number of nitrogens with zero attached hydrogens (tertiary/aromatic N) is 2. The van der Waals surface area contributed by atoms with E-state index in [4.69, 9.17) is 0 Å². The Morgan fingerprint density at radius 2 is 1.95 bits per heavy atom. The molecule has 0 saturated carbocycles. The van der Waals surface area contributed by atoms with E-state index in [-0.39, 0.29) is 0 Å². The quantitative estimate of drug-likeness (QED) is 0.784. The molecule has 0 saturated heterocycles. The molecule has 4 nitrogen and oxygen atoms in total. The van der Waals surface area contributed by atoms with Gasteiger partial charge in [0.1, 0.15) is 5.82 Å². The van der Waals surface area contributed by atoms with Crippen molar-refractivity contribution in [1.82, 2.24) is 10.3 Å². The fourth-order valence-corrected chi connectivity index (χ4v) is 2.39. The number of rotatable bonds is 6. The van der Waals surface area contributed by atoms with E-state index in [2.05, 4.69) is 60.4 Å². The fourth-order valence-electron chi connectivity index (χ4n) is 2.39. The molecule has 120 valence electrons. The highest BCUT2D eigenvalue weighted by molar-refractivity contribution is 6.12. The van der Waals surface area contributed by atoms with Crippen molar-refractivity contribution >= 4 is 17.1 Å². The van der Waals surface area contributed by atoms with Crippen LogP contribution >= 0.6 is 0 Å². The van der Waals surface area contributed by atoms with Crippen LogP contribution in [0.15, 0.2) is 34.6 Å². The number of aromatic nitrogens is 1. The van der Waals surface area contributed by atoms with Crippen LogP contribution in [0, 0.1) is 0 Å². The standard InChI is InChI=1S/C18H28N4/c1-8-9-12(2)16-10-15(11-22-18(16)21-7)17(20-6)13(3)14(4)19-5/h9-11,19H,8H2,1-7H3,(H,21,22)/b12-9+,14-13+,20-17?. The van der Waals surface area contributed by atoms with E-state index >= 15 is 0 Å². The van der Waals surface area contributed by atoms with Gasteiger partial charge in [-0.05, 0) is 44.4 Å². The third-order valence-electron chi connectivity index (χ3n) is 3.85. The number of nitrogens with one attached hydrogen (secondary N) is 2. The summed E-state index contributed by atoms with van der Waals surface area (Å²) in [4.78, 5) is 9.03. The maximum atomic E-state index is 4.56. The summed E-state index contributed by atoms with van der Waals surface area (Å²) in [6, 6.07) is 2.16. The molecule has 22 heavy (non-hydrogen) atoms. The van der Waals surface area contributed by atoms with E-state index < -0.39 is 0 Å². The average molecular weight is 300 g/mol. The van der Waals surface area contributed by atoms with Crippen molar-refractivity contribution in [3.63, 3.8) is 0 Å². The second-order valence-corrected chi connectivity index (χ2v) is 5.24. The minimum absolute atomic E-state index is 0.897. The van der Waals surface area contributed by atoms with Crippen LogP contribution in [0.2, 0.25) is 0 Å². The molecule has 1 aromatic rings. The second kappa shape index (κ2) is 8.37. The topological polar surface area (TPSA) is 49.3 Å². The highest BCUT2D eigenvalue weighted by Crippen LogP contribution is 2.24. The van der Waals surface area contributed by atoms with E-state index in [9.17, 15) is 0 Å². The van der Waals surface area contributed by atoms with Gasteiger partial charge in [0.05, 0.1) is 5.71 Å². The molecular formula is C18H28N4. The van der Waals surface area contributed by atoms with Crippen molar-refractivity contribution < 1.29 is 0 Å². The zero-order chi connectivity index (χ0) is 16.7. The van der Waals surface area contributed by atoms with Crippen molar-refractivity contribution in [1.29, 1.82) is 0 Å². The van der Waals surface area contributed by atoms with Crippen molar-refractivity contribution in [2.45, 2.75) is 34.1 Å². The maximum absolute atomic E-state index is 4.56. The fraction of sp³-hybridized carbons (Fsp3) is 0.444. The van der Waals surface area contributed by atoms with Crippen LogP contribution in [-0.2, 0) is 0 Å². The van der Waals surface area contributed by atoms with Crippen molar-refractivity contribution in [3.8, 4) is 0 Å². The molecule has 0 aliphatic heterocycles. The third-order valence-corrected chi connectivity index (χ3v) is 3.85. The first-order valence-corrected chi connectivity index (χ1v) is 7.67. The van der Waals surface area contributed by atoms with Gasteiger partial charge in [-0.15, -0.1) is 0 Å². The summed E-state index contributed by atoms with van der Waals surface area (Å²) < 4.78 is 0. The summed E-state index contributed by atoms with van der Waals surface area (Å²) in [7, 11) is 5.64. The van der Waals surface area contributed by atoms with Crippen LogP contribution in [0.5, 0.6) is 0 Å². The van der Waals surface area contributed by atoms with Crippen molar-refractivity contribution in [2.24, 2.45) is 4.99 Å². The van der Waals surface area contributed by atoms with Gasteiger partial charge in [0.15, 0.2) is 0 Å². The largest absolute Gasteiger partial charge is 0.391 e. The predicted molar refractivity (Wildman–Crippen MR) is 97.6 cm³/mol. The summed E-state index contributed by atoms with van der Waals surface area (Å²) >= 11 is 0. The maximum Gasteiger partial charge on any atom is 0.133 e. The summed E-state index contributed by atoms with van der Waals surface area (Å²) in [5.74, 6) is 0.897. The Morgan fingerprint density at radius 1 is 1.27 bits per heavy atom. The second-order valence-electron chi connectivity index (χ2n) is 5.24. The number of allylic oxidation sites excluding steroid dienone is 4. The monoisotopic (exact) mass is 300 g/mol. The first-order chi connectivity index (χ1) is 10.5. The lowest BCUT2D eigenvalue weighted by atomic mass is 9.99. The molecule has 0 spiro atoms. The minimum atomic E-state index is 0.897. The summed E-state index contributed by atoms with van der Waals surface area (Å²) in [6.45, 7) is 8.39. The van der Waals surface area contributed by atoms with Gasteiger partial charge >= 0.3 is 0 Å². The van der Waals surface area contributed by atoms with E-state index in [0.29, 0.717) is 0 Å². The van der Waals surface area contributed by atoms with Crippen LogP contribution in [0.4, 0.5) is 5.82 Å². The Kier molecular flexibility index (Phi) is 6.83. The van der Waals surface area contributed by atoms with Crippen LogP contribution in [0.1, 0.15) is 45.2 Å². The Balaban J connectivity index is 3.44. The molecule has 1 rings (SSSR count). The van der Waals surface area contributed by atoms with E-state index in [1.165, 1.54) is 5.57 Å². The molecule has 0 atom stereocenters. The summed E-state index contributed by atoms with van der Waals surface area (Å²) in [5.41, 5.74) is 6.59. The van der Waals surface area contributed by atoms with Gasteiger partial charge in [-0.2, -0.15) is 0 Å². The summed E-state index contributed by atoms with van der Waals surface area (Å²) in [6.07, 6.45) is 5.10. The molecule has 0 aromatic carbocycles. The highest BCUT2D eigenvalue weighted by atomic mass is 15.0. The molecule has 1 heterocycles. The molecule has 0 unspecified atom stereocenters. The molecule has 4 heteroatoms. The SMILES string of the molecule is CC/C=C(\C)c1cc(C(=NC)/C(C)=C(\C)NC)cnc1NC. The van der Waals surface area contributed by atoms with Crippen molar-refractivity contribution in [3.05, 3.63) is 40.7 Å². The molecule has 0 fully saturated rings. The zero-order valence-corrected chi connectivity index (χ0v) is 14.8. The Morgan fingerprint density at radius 3 is 2.45 bits per heavy atom. The zero-order valence-electron chi connectivity index (χ0n) is 14.8. The predicted octanol–water partition coefficient (Wildman–Crippen LogP) is 3.87. The Labute approximate surface area is 134 Å². The Bertz CT molecular complexity index is 610. The molecule has 0 amide bonds. The lowest BCUT2D eigenvalue weighted by molar-refractivity contribution is 0.973. The lowest BCUT2D eigenvalue weighted by Crippen LogP contribution is -2.13. The lowest BCUT2D eigenvalue weighted by Gasteiger charge is -2.14. The van der Waals surface area contributed by atoms with Gasteiger partial charge in [0.25, 0.3) is 0 Å². The Hall–Kier alpha value is -2.10. The summed E-state index contributed by atoms with van der Waals surface area (Å²) in [5, 5.41) is 6.35. The number of pyridine rings is 1. The van der Waals surface area contributed by atoms with E-state index in [1.54, 1.807) is 0 Å². The molecule has 0 aliphatic rings. The van der Waals surface area contributed by atoms with Gasteiger partial charge in [-0.25, -0.2) is 4.98 Å². The first-order valence-electron chi connectivity index (χ1n) is 7.67. The van der Waals surface area contributed by atoms with Crippen molar-refractivity contribution in [2.75, 3.05) is 26.5 Å². The number of anilines is 1. The minimum Gasteiger partial charge on any atom is -0.391 e. The molecule has 2 N–H and O–H groups in total.